The molecule has 2 aromatic rings. The highest BCUT2D eigenvalue weighted by Gasteiger charge is 2.18. The van der Waals surface area contributed by atoms with Crippen molar-refractivity contribution in [2.24, 2.45) is 0 Å². The van der Waals surface area contributed by atoms with Crippen LogP contribution in [0.3, 0.4) is 0 Å². The van der Waals surface area contributed by atoms with Gasteiger partial charge in [-0.05, 0) is 46.6 Å². The fourth-order valence-corrected chi connectivity index (χ4v) is 4.16. The fraction of sp³-hybridized carbons (Fsp3) is 0.762. The summed E-state index contributed by atoms with van der Waals surface area (Å²) in [6, 6.07) is 0.877. The zero-order chi connectivity index (χ0) is 21.7. The Morgan fingerprint density at radius 2 is 1.80 bits per heavy atom. The lowest BCUT2D eigenvalue weighted by molar-refractivity contribution is 0.107. The summed E-state index contributed by atoms with van der Waals surface area (Å²) < 4.78 is 1.69. The summed E-state index contributed by atoms with van der Waals surface area (Å²) in [6.07, 6.45) is 4.08. The van der Waals surface area contributed by atoms with E-state index in [1.807, 2.05) is 0 Å². The number of unbranched alkanes of at least 4 members (excludes halogenated alkanes) is 1. The number of anilines is 2. The van der Waals surface area contributed by atoms with E-state index in [4.69, 9.17) is 5.73 Å². The van der Waals surface area contributed by atoms with Crippen molar-refractivity contribution in [2.45, 2.75) is 72.0 Å². The Bertz CT molecular complexity index is 866. The largest absolute Gasteiger partial charge is 0.382 e. The van der Waals surface area contributed by atoms with Gasteiger partial charge in [-0.3, -0.25) is 9.47 Å². The van der Waals surface area contributed by atoms with Crippen LogP contribution in [0.25, 0.3) is 11.2 Å². The molecule has 0 unspecified atom stereocenters. The molecule has 0 aromatic carbocycles. The molecular formula is C21H38N8O. The van der Waals surface area contributed by atoms with Gasteiger partial charge in [0.25, 0.3) is 0 Å². The summed E-state index contributed by atoms with van der Waals surface area (Å²) in [4.78, 5) is 29.2. The predicted molar refractivity (Wildman–Crippen MR) is 123 cm³/mol. The predicted octanol–water partition coefficient (Wildman–Crippen LogP) is 2.11. The first-order valence-electron chi connectivity index (χ1n) is 11.4. The summed E-state index contributed by atoms with van der Waals surface area (Å²) in [7, 11) is 0. The van der Waals surface area contributed by atoms with Gasteiger partial charge in [0.05, 0.1) is 0 Å². The Hall–Kier alpha value is -2.13. The maximum Gasteiger partial charge on any atom is 0.327 e. The van der Waals surface area contributed by atoms with Crippen molar-refractivity contribution < 1.29 is 0 Å². The second-order valence-electron chi connectivity index (χ2n) is 8.73. The first kappa shape index (κ1) is 22.6. The molecule has 3 rings (SSSR count). The third-order valence-electron chi connectivity index (χ3n) is 5.99. The van der Waals surface area contributed by atoms with Gasteiger partial charge in [0, 0.05) is 44.8 Å². The number of piperazine rings is 1. The molecule has 0 bridgehead atoms. The molecule has 0 aliphatic carbocycles. The lowest BCUT2D eigenvalue weighted by atomic mass is 10.2. The third-order valence-corrected chi connectivity index (χ3v) is 5.99. The van der Waals surface area contributed by atoms with E-state index in [0.717, 1.165) is 58.4 Å². The van der Waals surface area contributed by atoms with E-state index in [0.29, 0.717) is 35.5 Å². The normalized spacial score (nSPS) is 17.1. The van der Waals surface area contributed by atoms with Crippen LogP contribution in [-0.2, 0) is 6.54 Å². The van der Waals surface area contributed by atoms with Gasteiger partial charge in [-0.15, -0.1) is 0 Å². The average molecular weight is 419 g/mol. The number of nitrogen functional groups attached to an aromatic ring is 1. The first-order chi connectivity index (χ1) is 14.4. The van der Waals surface area contributed by atoms with Gasteiger partial charge in [-0.25, -0.2) is 4.79 Å². The highest BCUT2D eigenvalue weighted by molar-refractivity contribution is 5.82. The van der Waals surface area contributed by atoms with Crippen LogP contribution in [0.1, 0.15) is 53.4 Å². The van der Waals surface area contributed by atoms with Crippen molar-refractivity contribution in [2.75, 3.05) is 43.8 Å². The first-order valence-corrected chi connectivity index (χ1v) is 11.4. The summed E-state index contributed by atoms with van der Waals surface area (Å²) in [5.74, 6) is 0.793. The number of nitrogens with zero attached hydrogens (tertiary/aromatic N) is 5. The van der Waals surface area contributed by atoms with Crippen molar-refractivity contribution in [3.63, 3.8) is 0 Å². The lowest BCUT2D eigenvalue weighted by Crippen LogP contribution is -2.48. The second kappa shape index (κ2) is 10.3. The molecule has 4 N–H and O–H groups in total. The van der Waals surface area contributed by atoms with Crippen molar-refractivity contribution in [1.29, 1.82) is 0 Å². The van der Waals surface area contributed by atoms with Crippen LogP contribution in [-0.4, -0.2) is 74.1 Å². The second-order valence-corrected chi connectivity index (χ2v) is 8.73. The Kier molecular flexibility index (Phi) is 7.71. The summed E-state index contributed by atoms with van der Waals surface area (Å²) in [5, 5.41) is 3.29. The molecular weight excluding hydrogens is 380 g/mol. The van der Waals surface area contributed by atoms with Crippen molar-refractivity contribution >= 4 is 22.9 Å². The van der Waals surface area contributed by atoms with Crippen molar-refractivity contribution in [3.05, 3.63) is 10.5 Å². The number of nitrogens with two attached hydrogens (primary N) is 1. The maximum atomic E-state index is 12.5. The number of hydrogen-bond acceptors (Lipinski definition) is 7. The number of imidazole rings is 1. The molecule has 168 valence electrons. The van der Waals surface area contributed by atoms with Gasteiger partial charge >= 0.3 is 5.69 Å². The molecule has 9 heteroatoms. The van der Waals surface area contributed by atoms with Gasteiger partial charge in [-0.2, -0.15) is 9.97 Å². The minimum absolute atomic E-state index is 0.171. The lowest BCUT2D eigenvalue weighted by Gasteiger charge is -2.36. The van der Waals surface area contributed by atoms with Gasteiger partial charge in [0.2, 0.25) is 5.95 Å². The number of fused-ring (bicyclic) bond motifs is 1. The molecule has 0 spiro atoms. The number of H-pyrrole nitrogens is 1. The minimum atomic E-state index is -0.171. The molecule has 0 saturated carbocycles. The highest BCUT2D eigenvalue weighted by Crippen LogP contribution is 2.18. The van der Waals surface area contributed by atoms with Crippen LogP contribution >= 0.6 is 0 Å². The van der Waals surface area contributed by atoms with Gasteiger partial charge in [-0.1, -0.05) is 13.3 Å². The minimum Gasteiger partial charge on any atom is -0.382 e. The van der Waals surface area contributed by atoms with E-state index in [1.165, 1.54) is 0 Å². The molecule has 3 heterocycles. The number of aromatic nitrogens is 4. The van der Waals surface area contributed by atoms with E-state index in [-0.39, 0.29) is 11.7 Å². The van der Waals surface area contributed by atoms with Gasteiger partial charge in [0.15, 0.2) is 11.5 Å². The molecule has 1 aliphatic rings. The third kappa shape index (κ3) is 5.51. The molecule has 2 aromatic heterocycles. The van der Waals surface area contributed by atoms with E-state index in [2.05, 4.69) is 57.8 Å². The molecule has 9 nitrogen and oxygen atoms in total. The molecule has 0 radical (unpaired) electrons. The Labute approximate surface area is 179 Å². The van der Waals surface area contributed by atoms with Crippen LogP contribution in [0.2, 0.25) is 0 Å². The quantitative estimate of drug-likeness (QED) is 0.507. The molecule has 0 amide bonds. The average Bonchev–Trinajstić information content (AvgIpc) is 3.02. The zero-order valence-corrected chi connectivity index (χ0v) is 18.9. The monoisotopic (exact) mass is 418 g/mol. The van der Waals surface area contributed by atoms with E-state index < -0.39 is 0 Å². The van der Waals surface area contributed by atoms with Crippen molar-refractivity contribution in [1.82, 2.24) is 29.3 Å². The van der Waals surface area contributed by atoms with Crippen LogP contribution in [0, 0.1) is 0 Å². The van der Waals surface area contributed by atoms with E-state index >= 15 is 0 Å². The highest BCUT2D eigenvalue weighted by atomic mass is 16.1. The smallest absolute Gasteiger partial charge is 0.327 e. The van der Waals surface area contributed by atoms with Crippen LogP contribution in [0.4, 0.5) is 11.8 Å². The Morgan fingerprint density at radius 1 is 1.10 bits per heavy atom. The Balaban J connectivity index is 1.58. The van der Waals surface area contributed by atoms with E-state index in [9.17, 15) is 4.79 Å². The van der Waals surface area contributed by atoms with E-state index in [1.54, 1.807) is 4.57 Å². The SMILES string of the molecule is CCC[C@@H](C)Nc1nc(N)c2[nH]c(=O)n(CCCCN3CCN(C(C)C)CC3)c2n1. The Morgan fingerprint density at radius 3 is 2.47 bits per heavy atom. The standard InChI is InChI=1S/C21H38N8O/c1-5-8-16(4)23-20-25-18(22)17-19(26-20)29(21(30)24-17)10-7-6-9-27-11-13-28(14-12-27)15(2)3/h15-16H,5-14H2,1-4H3,(H,24,30)(H3,22,23,25,26)/t16-/m1/s1. The zero-order valence-electron chi connectivity index (χ0n) is 18.9. The molecule has 1 atom stereocenters. The summed E-state index contributed by atoms with van der Waals surface area (Å²) >= 11 is 0. The van der Waals surface area contributed by atoms with Gasteiger partial charge < -0.3 is 20.9 Å². The molecule has 30 heavy (non-hydrogen) atoms. The van der Waals surface area contributed by atoms with Crippen LogP contribution in [0.5, 0.6) is 0 Å². The van der Waals surface area contributed by atoms with Crippen LogP contribution in [0.15, 0.2) is 4.79 Å². The van der Waals surface area contributed by atoms with Gasteiger partial charge in [0.1, 0.15) is 5.52 Å². The summed E-state index contributed by atoms with van der Waals surface area (Å²) in [5.41, 5.74) is 7.03. The summed E-state index contributed by atoms with van der Waals surface area (Å²) in [6.45, 7) is 15.0. The molecule has 1 aliphatic heterocycles. The van der Waals surface area contributed by atoms with Crippen LogP contribution < -0.4 is 16.7 Å². The fourth-order valence-electron chi connectivity index (χ4n) is 4.16. The maximum absolute atomic E-state index is 12.5. The number of rotatable bonds is 10. The topological polar surface area (TPSA) is 108 Å². The number of aromatic amines is 1. The number of nitrogens with one attached hydrogen (secondary N) is 2. The molecule has 1 saturated heterocycles. The molecule has 1 fully saturated rings. The number of aryl methyl sites for hydroxylation is 1. The van der Waals surface area contributed by atoms with Crippen molar-refractivity contribution in [3.8, 4) is 0 Å². The number of hydrogen-bond donors (Lipinski definition) is 3.